The Morgan fingerprint density at radius 2 is 1.00 bits per heavy atom. The third kappa shape index (κ3) is 4.23. The molecular weight excluding hydrogens is 240 g/mol. The molecule has 0 aliphatic heterocycles. The van der Waals surface area contributed by atoms with Crippen LogP contribution in [0.2, 0.25) is 0 Å². The van der Waals surface area contributed by atoms with Gasteiger partial charge >= 0.3 is 20.2 Å². The van der Waals surface area contributed by atoms with E-state index in [-0.39, 0.29) is 12.2 Å². The topological polar surface area (TPSA) is 143 Å². The molecule has 0 bridgehead atoms. The Morgan fingerprint density at radius 1 is 0.786 bits per heavy atom. The van der Waals surface area contributed by atoms with Crippen LogP contribution in [0.25, 0.3) is 0 Å². The summed E-state index contributed by atoms with van der Waals surface area (Å²) in [7, 11) is -10.00. The van der Waals surface area contributed by atoms with Gasteiger partial charge in [-0.25, -0.2) is 0 Å². The maximum atomic E-state index is 10.3. The van der Waals surface area contributed by atoms with E-state index in [1.54, 1.807) is 0 Å². The number of hydrogen-bond acceptors (Lipinski definition) is 6. The summed E-state index contributed by atoms with van der Waals surface area (Å²) in [5.41, 5.74) is 0. The van der Waals surface area contributed by atoms with Crippen molar-refractivity contribution in [2.45, 2.75) is 0 Å². The molecule has 0 heterocycles. The summed E-state index contributed by atoms with van der Waals surface area (Å²) in [5.74, 6) is 0. The monoisotopic (exact) mass is 244 g/mol. The molecule has 0 aromatic carbocycles. The lowest BCUT2D eigenvalue weighted by Crippen LogP contribution is -2.13. The largest absolute Gasteiger partial charge is 0.332 e. The standard InChI is InChI=1S/C4H4O8S2/c5-3(13(7,8)9)1-2-4(6)14(10,11)12/h1-2H,(H,7,8,9)(H,10,11,12). The zero-order valence-corrected chi connectivity index (χ0v) is 7.95. The van der Waals surface area contributed by atoms with Gasteiger partial charge in [0, 0.05) is 12.2 Å². The molecule has 2 N–H and O–H groups in total. The van der Waals surface area contributed by atoms with Gasteiger partial charge in [0.2, 0.25) is 0 Å². The minimum atomic E-state index is -5.00. The first-order valence-corrected chi connectivity index (χ1v) is 5.64. The molecule has 0 rings (SSSR count). The molecule has 10 heteroatoms. The lowest BCUT2D eigenvalue weighted by Gasteiger charge is -1.88. The highest BCUT2D eigenvalue weighted by molar-refractivity contribution is 8.02. The van der Waals surface area contributed by atoms with Crippen molar-refractivity contribution in [1.29, 1.82) is 0 Å². The van der Waals surface area contributed by atoms with Gasteiger partial charge in [0.15, 0.2) is 0 Å². The summed E-state index contributed by atoms with van der Waals surface area (Å²) in [4.78, 5) is 20.7. The summed E-state index contributed by atoms with van der Waals surface area (Å²) in [6.45, 7) is 0. The maximum absolute atomic E-state index is 10.3. The third-order valence-electron chi connectivity index (χ3n) is 0.864. The highest BCUT2D eigenvalue weighted by Crippen LogP contribution is 1.92. The Labute approximate surface area is 78.7 Å². The zero-order valence-electron chi connectivity index (χ0n) is 6.32. The predicted molar refractivity (Wildman–Crippen MR) is 42.3 cm³/mol. The van der Waals surface area contributed by atoms with Crippen LogP contribution in [0.3, 0.4) is 0 Å². The lowest BCUT2D eigenvalue weighted by atomic mass is 10.5. The molecule has 0 spiro atoms. The molecule has 0 saturated carbocycles. The first kappa shape index (κ1) is 12.9. The van der Waals surface area contributed by atoms with Gasteiger partial charge in [-0.3, -0.25) is 18.7 Å². The van der Waals surface area contributed by atoms with E-state index >= 15 is 0 Å². The molecule has 8 nitrogen and oxygen atoms in total. The molecule has 0 saturated heterocycles. The van der Waals surface area contributed by atoms with Crippen LogP contribution in [0.1, 0.15) is 0 Å². The molecule has 0 aliphatic rings. The van der Waals surface area contributed by atoms with Crippen LogP contribution in [-0.4, -0.2) is 36.2 Å². The molecule has 14 heavy (non-hydrogen) atoms. The van der Waals surface area contributed by atoms with Crippen molar-refractivity contribution in [2.24, 2.45) is 0 Å². The van der Waals surface area contributed by atoms with Gasteiger partial charge in [0.05, 0.1) is 0 Å². The summed E-state index contributed by atoms with van der Waals surface area (Å²) in [6.07, 6.45) is 0.0108. The fourth-order valence-electron chi connectivity index (χ4n) is 0.308. The summed E-state index contributed by atoms with van der Waals surface area (Å²) in [6, 6.07) is 0. The van der Waals surface area contributed by atoms with Gasteiger partial charge in [-0.15, -0.1) is 0 Å². The van der Waals surface area contributed by atoms with Crippen LogP contribution < -0.4 is 0 Å². The van der Waals surface area contributed by atoms with E-state index in [4.69, 9.17) is 9.11 Å². The second kappa shape index (κ2) is 3.96. The van der Waals surface area contributed by atoms with Crippen molar-refractivity contribution in [3.8, 4) is 0 Å². The highest BCUT2D eigenvalue weighted by Gasteiger charge is 2.18. The Hall–Kier alpha value is -1.10. The first-order valence-electron chi connectivity index (χ1n) is 2.76. The Balaban J connectivity index is 4.83. The Kier molecular flexibility index (Phi) is 3.65. The van der Waals surface area contributed by atoms with Crippen molar-refractivity contribution in [3.05, 3.63) is 12.2 Å². The van der Waals surface area contributed by atoms with E-state index in [0.717, 1.165) is 0 Å². The van der Waals surface area contributed by atoms with Crippen LogP contribution in [0.4, 0.5) is 0 Å². The van der Waals surface area contributed by atoms with Crippen LogP contribution in [0, 0.1) is 0 Å². The van der Waals surface area contributed by atoms with Crippen LogP contribution in [0.15, 0.2) is 12.2 Å². The fraction of sp³-hybridized carbons (Fsp3) is 0. The SMILES string of the molecule is O=C(C=CC(=O)S(=O)(=O)O)S(=O)(=O)O. The van der Waals surface area contributed by atoms with Crippen LogP contribution in [0.5, 0.6) is 0 Å². The molecular formula is C4H4O8S2. The zero-order chi connectivity index (χ0) is 11.6. The number of carbonyl (C=O) groups is 2. The average molecular weight is 244 g/mol. The van der Waals surface area contributed by atoms with Gasteiger partial charge in [0.1, 0.15) is 0 Å². The predicted octanol–water partition coefficient (Wildman–Crippen LogP) is -1.63. The molecule has 0 fully saturated rings. The summed E-state index contributed by atoms with van der Waals surface area (Å²) < 4.78 is 56.2. The normalized spacial score (nSPS) is 13.0. The average Bonchev–Trinajstić information content (AvgIpc) is 1.95. The Bertz CT molecular complexity index is 431. The van der Waals surface area contributed by atoms with Crippen molar-refractivity contribution < 1.29 is 35.5 Å². The number of rotatable bonds is 2. The Morgan fingerprint density at radius 3 is 1.14 bits per heavy atom. The van der Waals surface area contributed by atoms with Crippen molar-refractivity contribution in [3.63, 3.8) is 0 Å². The van der Waals surface area contributed by atoms with Crippen molar-refractivity contribution in [1.82, 2.24) is 0 Å². The molecule has 0 amide bonds. The maximum Gasteiger partial charge on any atom is 0.332 e. The number of carbonyl (C=O) groups excluding carboxylic acids is 2. The quantitative estimate of drug-likeness (QED) is 0.435. The van der Waals surface area contributed by atoms with Gasteiger partial charge in [-0.05, 0) is 0 Å². The molecule has 0 unspecified atom stereocenters. The molecule has 0 atom stereocenters. The van der Waals surface area contributed by atoms with E-state index in [0.29, 0.717) is 0 Å². The molecule has 0 aromatic rings. The van der Waals surface area contributed by atoms with Crippen molar-refractivity contribution >= 4 is 30.5 Å². The molecule has 0 radical (unpaired) electrons. The second-order valence-corrected chi connectivity index (χ2v) is 4.63. The molecule has 80 valence electrons. The molecule has 0 aliphatic carbocycles. The molecule has 0 aromatic heterocycles. The third-order valence-corrected chi connectivity index (χ3v) is 2.15. The summed E-state index contributed by atoms with van der Waals surface area (Å²) >= 11 is 0. The van der Waals surface area contributed by atoms with E-state index in [1.807, 2.05) is 0 Å². The van der Waals surface area contributed by atoms with Gasteiger partial charge in [-0.2, -0.15) is 16.8 Å². The summed E-state index contributed by atoms with van der Waals surface area (Å²) in [5, 5.41) is -3.73. The van der Waals surface area contributed by atoms with E-state index in [2.05, 4.69) is 0 Å². The van der Waals surface area contributed by atoms with E-state index in [9.17, 15) is 26.4 Å². The van der Waals surface area contributed by atoms with E-state index < -0.39 is 30.5 Å². The highest BCUT2D eigenvalue weighted by atomic mass is 32.2. The van der Waals surface area contributed by atoms with Gasteiger partial charge in [0.25, 0.3) is 10.2 Å². The number of hydrogen-bond donors (Lipinski definition) is 2. The smallest absolute Gasteiger partial charge is 0.279 e. The first-order chi connectivity index (χ1) is 6.05. The van der Waals surface area contributed by atoms with Crippen LogP contribution in [-0.2, 0) is 29.8 Å². The second-order valence-electron chi connectivity index (χ2n) is 1.92. The minimum absolute atomic E-state index is 0.00539. The van der Waals surface area contributed by atoms with E-state index in [1.165, 1.54) is 0 Å². The van der Waals surface area contributed by atoms with Crippen molar-refractivity contribution in [2.75, 3.05) is 0 Å². The fourth-order valence-corrected chi connectivity index (χ4v) is 0.788. The van der Waals surface area contributed by atoms with Gasteiger partial charge in [-0.1, -0.05) is 0 Å². The van der Waals surface area contributed by atoms with Crippen LogP contribution >= 0.6 is 0 Å². The lowest BCUT2D eigenvalue weighted by molar-refractivity contribution is -0.110. The minimum Gasteiger partial charge on any atom is -0.279 e. The van der Waals surface area contributed by atoms with Gasteiger partial charge < -0.3 is 0 Å².